The molecule has 0 saturated carbocycles. The number of carboxylic acid groups (broad SMARTS) is 1. The van der Waals surface area contributed by atoms with Gasteiger partial charge in [0.15, 0.2) is 0 Å². The molecule has 10 nitrogen and oxygen atoms in total. The van der Waals surface area contributed by atoms with E-state index in [1.165, 1.54) is 29.2 Å². The fourth-order valence-corrected chi connectivity index (χ4v) is 3.71. The predicted octanol–water partition coefficient (Wildman–Crippen LogP) is 2.95. The first-order valence-electron chi connectivity index (χ1n) is 10.1. The highest BCUT2D eigenvalue weighted by molar-refractivity contribution is 6.46. The standard InChI is InChI=1S/C23H23N3O7/c1-24(2)16-9-5-14(6-10-16)20-19(21(29)15-7-11-17(12-8-15)26(32)33)22(30)23(31)25(20)13-3-4-18(27)28/h5-12,20,29H,3-4,13H2,1-2H3,(H,27,28). The number of likely N-dealkylation sites (tertiary alicyclic amines) is 1. The van der Waals surface area contributed by atoms with E-state index >= 15 is 0 Å². The number of ketones is 1. The molecule has 2 N–H and O–H groups in total. The Morgan fingerprint density at radius 1 is 1.06 bits per heavy atom. The van der Waals surface area contributed by atoms with Gasteiger partial charge in [-0.2, -0.15) is 0 Å². The fourth-order valence-electron chi connectivity index (χ4n) is 3.71. The summed E-state index contributed by atoms with van der Waals surface area (Å²) in [6, 6.07) is 11.1. The van der Waals surface area contributed by atoms with Crippen molar-refractivity contribution in [3.05, 3.63) is 75.3 Å². The van der Waals surface area contributed by atoms with Gasteiger partial charge < -0.3 is 20.0 Å². The quantitative estimate of drug-likeness (QED) is 0.204. The topological polar surface area (TPSA) is 141 Å². The molecule has 172 valence electrons. The van der Waals surface area contributed by atoms with Crippen LogP contribution in [0.4, 0.5) is 11.4 Å². The summed E-state index contributed by atoms with van der Waals surface area (Å²) in [4.78, 5) is 50.1. The summed E-state index contributed by atoms with van der Waals surface area (Å²) in [5.74, 6) is -3.22. The van der Waals surface area contributed by atoms with Crippen molar-refractivity contribution in [1.29, 1.82) is 0 Å². The van der Waals surface area contributed by atoms with Gasteiger partial charge in [-0.3, -0.25) is 24.5 Å². The molecule has 2 aromatic rings. The minimum absolute atomic E-state index is 0.00795. The zero-order chi connectivity index (χ0) is 24.3. The highest BCUT2D eigenvalue weighted by Crippen LogP contribution is 2.40. The van der Waals surface area contributed by atoms with Crippen molar-refractivity contribution >= 4 is 34.8 Å². The number of aliphatic hydroxyl groups is 1. The first-order valence-corrected chi connectivity index (χ1v) is 10.1. The van der Waals surface area contributed by atoms with Crippen LogP contribution in [-0.4, -0.2) is 58.3 Å². The van der Waals surface area contributed by atoms with Gasteiger partial charge in [0.25, 0.3) is 17.4 Å². The van der Waals surface area contributed by atoms with Gasteiger partial charge >= 0.3 is 5.97 Å². The Morgan fingerprint density at radius 3 is 2.18 bits per heavy atom. The molecule has 2 aromatic carbocycles. The Labute approximate surface area is 189 Å². The van der Waals surface area contributed by atoms with Crippen molar-refractivity contribution in [2.45, 2.75) is 18.9 Å². The first-order chi connectivity index (χ1) is 15.6. The third kappa shape index (κ3) is 4.84. The van der Waals surface area contributed by atoms with Crippen LogP contribution in [0, 0.1) is 10.1 Å². The van der Waals surface area contributed by atoms with Crippen LogP contribution in [0.3, 0.4) is 0 Å². The number of nitrogens with zero attached hydrogens (tertiary/aromatic N) is 3. The lowest BCUT2D eigenvalue weighted by Crippen LogP contribution is -2.31. The molecule has 1 heterocycles. The van der Waals surface area contributed by atoms with Gasteiger partial charge in [0, 0.05) is 50.4 Å². The Morgan fingerprint density at radius 2 is 1.67 bits per heavy atom. The number of anilines is 1. The molecule has 1 aliphatic heterocycles. The number of rotatable bonds is 8. The number of hydrogen-bond donors (Lipinski definition) is 2. The molecule has 10 heteroatoms. The molecule has 3 rings (SSSR count). The van der Waals surface area contributed by atoms with Gasteiger partial charge in [-0.15, -0.1) is 0 Å². The third-order valence-electron chi connectivity index (χ3n) is 5.41. The Kier molecular flexibility index (Phi) is 6.76. The van der Waals surface area contributed by atoms with Crippen molar-refractivity contribution in [2.75, 3.05) is 25.5 Å². The molecule has 0 radical (unpaired) electrons. The maximum absolute atomic E-state index is 12.9. The summed E-state index contributed by atoms with van der Waals surface area (Å²) in [5.41, 5.74) is 1.27. The second-order valence-corrected chi connectivity index (χ2v) is 7.78. The van der Waals surface area contributed by atoms with Crippen LogP contribution < -0.4 is 4.90 Å². The number of amides is 1. The van der Waals surface area contributed by atoms with Gasteiger partial charge in [0.2, 0.25) is 0 Å². The van der Waals surface area contributed by atoms with E-state index in [9.17, 15) is 29.6 Å². The first kappa shape index (κ1) is 23.5. The van der Waals surface area contributed by atoms with Gasteiger partial charge in [-0.05, 0) is 36.2 Å². The molecule has 33 heavy (non-hydrogen) atoms. The van der Waals surface area contributed by atoms with Crippen LogP contribution >= 0.6 is 0 Å². The predicted molar refractivity (Wildman–Crippen MR) is 120 cm³/mol. The monoisotopic (exact) mass is 453 g/mol. The molecule has 1 fully saturated rings. The number of hydrogen-bond acceptors (Lipinski definition) is 7. The second-order valence-electron chi connectivity index (χ2n) is 7.78. The van der Waals surface area contributed by atoms with E-state index in [1.54, 1.807) is 24.3 Å². The van der Waals surface area contributed by atoms with Gasteiger partial charge in [-0.1, -0.05) is 12.1 Å². The Bertz CT molecular complexity index is 1120. The largest absolute Gasteiger partial charge is 0.507 e. The number of carboxylic acids is 1. The van der Waals surface area contributed by atoms with Crippen molar-refractivity contribution in [3.63, 3.8) is 0 Å². The van der Waals surface area contributed by atoms with Crippen LogP contribution in [0.15, 0.2) is 54.1 Å². The van der Waals surface area contributed by atoms with E-state index in [0.717, 1.165) is 5.69 Å². The molecule has 1 unspecified atom stereocenters. The number of aliphatic hydroxyl groups excluding tert-OH is 1. The summed E-state index contributed by atoms with van der Waals surface area (Å²) in [7, 11) is 3.73. The molecular weight excluding hydrogens is 430 g/mol. The Balaban J connectivity index is 2.09. The number of carbonyl (C=O) groups is 3. The lowest BCUT2D eigenvalue weighted by Gasteiger charge is -2.25. The molecule has 1 saturated heterocycles. The van der Waals surface area contributed by atoms with Crippen molar-refractivity contribution in [3.8, 4) is 0 Å². The summed E-state index contributed by atoms with van der Waals surface area (Å²) in [5, 5.41) is 30.8. The van der Waals surface area contributed by atoms with E-state index < -0.39 is 34.4 Å². The average molecular weight is 453 g/mol. The lowest BCUT2D eigenvalue weighted by atomic mass is 9.95. The number of nitro groups is 1. The molecule has 1 atom stereocenters. The number of nitro benzene ring substituents is 1. The zero-order valence-electron chi connectivity index (χ0n) is 18.1. The molecule has 0 aromatic heterocycles. The molecule has 0 spiro atoms. The van der Waals surface area contributed by atoms with Crippen LogP contribution in [-0.2, 0) is 14.4 Å². The second kappa shape index (κ2) is 9.51. The average Bonchev–Trinajstić information content (AvgIpc) is 3.03. The molecular formula is C23H23N3O7. The van der Waals surface area contributed by atoms with Crippen molar-refractivity contribution in [1.82, 2.24) is 4.90 Å². The normalized spacial score (nSPS) is 17.3. The number of carbonyl (C=O) groups excluding carboxylic acids is 2. The van der Waals surface area contributed by atoms with Gasteiger partial charge in [0.05, 0.1) is 16.5 Å². The number of non-ortho nitro benzene ring substituents is 1. The Hall–Kier alpha value is -4.21. The molecule has 0 aliphatic carbocycles. The fraction of sp³-hybridized carbons (Fsp3) is 0.261. The SMILES string of the molecule is CN(C)c1ccc(C2C(=C(O)c3ccc([N+](=O)[O-])cc3)C(=O)C(=O)N2CCCC(=O)O)cc1. The minimum atomic E-state index is -1.02. The molecule has 0 bridgehead atoms. The summed E-state index contributed by atoms with van der Waals surface area (Å²) in [6.45, 7) is 0.00795. The lowest BCUT2D eigenvalue weighted by molar-refractivity contribution is -0.384. The number of Topliss-reactive ketones (excluding diaryl/α,β-unsaturated/α-hetero) is 1. The van der Waals surface area contributed by atoms with Gasteiger partial charge in [0.1, 0.15) is 5.76 Å². The van der Waals surface area contributed by atoms with E-state index in [4.69, 9.17) is 5.11 Å². The van der Waals surface area contributed by atoms with Gasteiger partial charge in [-0.25, -0.2) is 0 Å². The van der Waals surface area contributed by atoms with Crippen molar-refractivity contribution in [2.24, 2.45) is 0 Å². The number of aliphatic carboxylic acids is 1. The summed E-state index contributed by atoms with van der Waals surface area (Å²) >= 11 is 0. The number of benzene rings is 2. The van der Waals surface area contributed by atoms with Crippen LogP contribution in [0.5, 0.6) is 0 Å². The molecule has 1 aliphatic rings. The van der Waals surface area contributed by atoms with E-state index in [2.05, 4.69) is 0 Å². The maximum atomic E-state index is 12.9. The summed E-state index contributed by atoms with van der Waals surface area (Å²) < 4.78 is 0. The van der Waals surface area contributed by atoms with Crippen LogP contribution in [0.2, 0.25) is 0 Å². The van der Waals surface area contributed by atoms with E-state index in [1.807, 2.05) is 19.0 Å². The highest BCUT2D eigenvalue weighted by atomic mass is 16.6. The van der Waals surface area contributed by atoms with Crippen LogP contribution in [0.25, 0.3) is 5.76 Å². The van der Waals surface area contributed by atoms with E-state index in [-0.39, 0.29) is 36.2 Å². The van der Waals surface area contributed by atoms with Crippen LogP contribution in [0.1, 0.15) is 30.0 Å². The molecule has 1 amide bonds. The summed E-state index contributed by atoms with van der Waals surface area (Å²) in [6.07, 6.45) is -0.0517. The highest BCUT2D eigenvalue weighted by Gasteiger charge is 2.45. The van der Waals surface area contributed by atoms with E-state index in [0.29, 0.717) is 5.56 Å². The maximum Gasteiger partial charge on any atom is 0.303 e. The van der Waals surface area contributed by atoms with Crippen molar-refractivity contribution < 1.29 is 29.5 Å². The minimum Gasteiger partial charge on any atom is -0.507 e. The zero-order valence-corrected chi connectivity index (χ0v) is 18.1. The smallest absolute Gasteiger partial charge is 0.303 e. The third-order valence-corrected chi connectivity index (χ3v) is 5.41.